The van der Waals surface area contributed by atoms with Gasteiger partial charge in [0.25, 0.3) is 11.8 Å². The van der Waals surface area contributed by atoms with Gasteiger partial charge in [0.05, 0.1) is 0 Å². The first-order chi connectivity index (χ1) is 10.6. The zero-order valence-electron chi connectivity index (χ0n) is 13.5. The highest BCUT2D eigenvalue weighted by molar-refractivity contribution is 6.14. The number of alkyl carbamates (subject to hydrolysis) is 1. The van der Waals surface area contributed by atoms with Gasteiger partial charge in [-0.15, -0.1) is 0 Å². The van der Waals surface area contributed by atoms with Crippen molar-refractivity contribution in [3.63, 3.8) is 0 Å². The molecule has 1 heterocycles. The smallest absolute Gasteiger partial charge is 0.407 e. The van der Waals surface area contributed by atoms with Crippen LogP contribution in [0, 0.1) is 0 Å². The first kappa shape index (κ1) is 18.7. The summed E-state index contributed by atoms with van der Waals surface area (Å²) in [7, 11) is 0. The molecule has 0 spiro atoms. The second kappa shape index (κ2) is 7.75. The molecule has 23 heavy (non-hydrogen) atoms. The topological polar surface area (TPSA) is 113 Å². The van der Waals surface area contributed by atoms with Gasteiger partial charge < -0.3 is 15.2 Å². The molecule has 0 saturated heterocycles. The van der Waals surface area contributed by atoms with Gasteiger partial charge in [0.2, 0.25) is 0 Å². The summed E-state index contributed by atoms with van der Waals surface area (Å²) in [6.45, 7) is 5.58. The lowest BCUT2D eigenvalue weighted by atomic mass is 10.1. The molecule has 1 aliphatic heterocycles. The molecule has 1 aliphatic rings. The first-order valence-electron chi connectivity index (χ1n) is 7.36. The molecule has 0 bridgehead atoms. The summed E-state index contributed by atoms with van der Waals surface area (Å²) >= 11 is 0. The summed E-state index contributed by atoms with van der Waals surface area (Å²) in [4.78, 5) is 46.5. The third kappa shape index (κ3) is 6.09. The summed E-state index contributed by atoms with van der Waals surface area (Å²) in [5, 5.41) is 11.7. The second-order valence-electron chi connectivity index (χ2n) is 6.16. The Bertz CT molecular complexity index is 503. The van der Waals surface area contributed by atoms with Crippen LogP contribution in [-0.2, 0) is 19.1 Å². The maximum atomic E-state index is 11.5. The van der Waals surface area contributed by atoms with Crippen LogP contribution >= 0.6 is 0 Å². The Morgan fingerprint density at radius 2 is 1.78 bits per heavy atom. The summed E-state index contributed by atoms with van der Waals surface area (Å²) in [6, 6.07) is -1.19. The van der Waals surface area contributed by atoms with Gasteiger partial charge in [0, 0.05) is 18.7 Å². The number of amides is 3. The van der Waals surface area contributed by atoms with Crippen molar-refractivity contribution in [1.82, 2.24) is 10.2 Å². The lowest BCUT2D eigenvalue weighted by molar-refractivity contribution is -0.153. The number of rotatable bonds is 7. The largest absolute Gasteiger partial charge is 0.480 e. The fraction of sp³-hybridized carbons (Fsp3) is 0.600. The van der Waals surface area contributed by atoms with Crippen molar-refractivity contribution >= 4 is 23.9 Å². The fourth-order valence-corrected chi connectivity index (χ4v) is 2.05. The lowest BCUT2D eigenvalue weighted by Gasteiger charge is -2.22. The number of carboxylic acid groups (broad SMARTS) is 1. The Balaban J connectivity index is 2.35. The number of carboxylic acids is 1. The molecular weight excluding hydrogens is 304 g/mol. The van der Waals surface area contributed by atoms with E-state index in [1.54, 1.807) is 20.8 Å². The number of aliphatic carboxylic acids is 1. The third-order valence-electron chi connectivity index (χ3n) is 3.01. The van der Waals surface area contributed by atoms with Crippen molar-refractivity contribution in [1.29, 1.82) is 0 Å². The Kier molecular flexibility index (Phi) is 6.29. The molecule has 1 atom stereocenters. The molecule has 8 nitrogen and oxygen atoms in total. The molecule has 0 radical (unpaired) electrons. The van der Waals surface area contributed by atoms with Crippen LogP contribution in [0.4, 0.5) is 4.79 Å². The van der Waals surface area contributed by atoms with Crippen molar-refractivity contribution in [2.24, 2.45) is 0 Å². The normalized spacial score (nSPS) is 15.7. The monoisotopic (exact) mass is 326 g/mol. The van der Waals surface area contributed by atoms with Crippen molar-refractivity contribution < 1.29 is 29.0 Å². The third-order valence-corrected chi connectivity index (χ3v) is 3.01. The summed E-state index contributed by atoms with van der Waals surface area (Å²) in [5.41, 5.74) is -0.581. The van der Waals surface area contributed by atoms with Crippen molar-refractivity contribution in [3.05, 3.63) is 12.2 Å². The number of carbonyl (C=O) groups is 4. The lowest BCUT2D eigenvalue weighted by Crippen LogP contribution is -2.45. The van der Waals surface area contributed by atoms with Crippen LogP contribution in [0.1, 0.15) is 40.0 Å². The van der Waals surface area contributed by atoms with E-state index < -0.39 is 35.5 Å². The van der Waals surface area contributed by atoms with Gasteiger partial charge in [-0.05, 0) is 40.0 Å². The highest BCUT2D eigenvalue weighted by atomic mass is 16.6. The van der Waals surface area contributed by atoms with E-state index in [4.69, 9.17) is 4.74 Å². The molecule has 128 valence electrons. The number of unbranched alkanes of at least 4 members (excludes halogenated alkanes) is 1. The Morgan fingerprint density at radius 1 is 1.22 bits per heavy atom. The quantitative estimate of drug-likeness (QED) is 0.534. The predicted molar refractivity (Wildman–Crippen MR) is 80.5 cm³/mol. The van der Waals surface area contributed by atoms with Crippen LogP contribution < -0.4 is 5.32 Å². The van der Waals surface area contributed by atoms with E-state index in [-0.39, 0.29) is 6.42 Å². The highest BCUT2D eigenvalue weighted by Gasteiger charge is 2.35. The molecular formula is C15H22N2O6. The van der Waals surface area contributed by atoms with Gasteiger partial charge in [-0.1, -0.05) is 0 Å². The number of nitrogens with one attached hydrogen (secondary N) is 1. The predicted octanol–water partition coefficient (Wildman–Crippen LogP) is 1.06. The maximum absolute atomic E-state index is 11.5. The van der Waals surface area contributed by atoms with Gasteiger partial charge >= 0.3 is 12.1 Å². The van der Waals surface area contributed by atoms with E-state index in [1.807, 2.05) is 0 Å². The highest BCUT2D eigenvalue weighted by Crippen LogP contribution is 2.15. The minimum absolute atomic E-state index is 0.129. The molecule has 0 aromatic heterocycles. The standard InChI is InChI=1S/C15H22N2O6/c1-15(2,3)23-14(22)16-9-5-4-6-10(13(20)21)17-11(18)7-8-12(17)19/h7-8,10H,4-6,9H2,1-3H3,(H,16,22)(H,20,21)/t10-/m0/s1. The molecule has 0 fully saturated rings. The van der Waals surface area contributed by atoms with Crippen LogP contribution in [-0.4, -0.2) is 52.1 Å². The van der Waals surface area contributed by atoms with Crippen LogP contribution in [0.5, 0.6) is 0 Å². The van der Waals surface area contributed by atoms with Gasteiger partial charge in [-0.2, -0.15) is 0 Å². The molecule has 0 unspecified atom stereocenters. The zero-order valence-corrected chi connectivity index (χ0v) is 13.5. The molecule has 0 aromatic rings. The van der Waals surface area contributed by atoms with E-state index >= 15 is 0 Å². The van der Waals surface area contributed by atoms with Crippen molar-refractivity contribution in [2.45, 2.75) is 51.7 Å². The SMILES string of the molecule is CC(C)(C)OC(=O)NCCCC[C@@H](C(=O)O)N1C(=O)C=CC1=O. The van der Waals surface area contributed by atoms with Gasteiger partial charge in [-0.3, -0.25) is 14.5 Å². The van der Waals surface area contributed by atoms with E-state index in [0.29, 0.717) is 19.4 Å². The minimum Gasteiger partial charge on any atom is -0.480 e. The Morgan fingerprint density at radius 3 is 2.26 bits per heavy atom. The summed E-state index contributed by atoms with van der Waals surface area (Å²) < 4.78 is 5.06. The number of imide groups is 1. The number of hydrogen-bond acceptors (Lipinski definition) is 5. The average Bonchev–Trinajstić information content (AvgIpc) is 2.71. The molecule has 8 heteroatoms. The Hall–Kier alpha value is -2.38. The number of ether oxygens (including phenoxy) is 1. The average molecular weight is 326 g/mol. The molecule has 3 amide bonds. The van der Waals surface area contributed by atoms with Crippen LogP contribution in [0.25, 0.3) is 0 Å². The van der Waals surface area contributed by atoms with Crippen molar-refractivity contribution in [3.8, 4) is 0 Å². The van der Waals surface area contributed by atoms with E-state index in [2.05, 4.69) is 5.32 Å². The van der Waals surface area contributed by atoms with Crippen LogP contribution in [0.2, 0.25) is 0 Å². The minimum atomic E-state index is -1.23. The van der Waals surface area contributed by atoms with Gasteiger partial charge in [-0.25, -0.2) is 9.59 Å². The van der Waals surface area contributed by atoms with E-state index in [9.17, 15) is 24.3 Å². The molecule has 2 N–H and O–H groups in total. The number of nitrogens with zero attached hydrogens (tertiary/aromatic N) is 1. The first-order valence-corrected chi connectivity index (χ1v) is 7.36. The molecule has 0 saturated carbocycles. The molecule has 0 aliphatic carbocycles. The molecule has 1 rings (SSSR count). The van der Waals surface area contributed by atoms with Crippen LogP contribution in [0.3, 0.4) is 0 Å². The number of carbonyl (C=O) groups excluding carboxylic acids is 3. The fourth-order valence-electron chi connectivity index (χ4n) is 2.05. The van der Waals surface area contributed by atoms with Crippen LogP contribution in [0.15, 0.2) is 12.2 Å². The number of hydrogen-bond donors (Lipinski definition) is 2. The van der Waals surface area contributed by atoms with E-state index in [0.717, 1.165) is 17.1 Å². The Labute approximate surface area is 134 Å². The summed E-state index contributed by atoms with van der Waals surface area (Å²) in [6.07, 6.45) is 2.65. The summed E-state index contributed by atoms with van der Waals surface area (Å²) in [5.74, 6) is -2.46. The van der Waals surface area contributed by atoms with Gasteiger partial charge in [0.1, 0.15) is 11.6 Å². The van der Waals surface area contributed by atoms with E-state index in [1.165, 1.54) is 0 Å². The van der Waals surface area contributed by atoms with Crippen molar-refractivity contribution in [2.75, 3.05) is 6.54 Å². The second-order valence-corrected chi connectivity index (χ2v) is 6.16. The maximum Gasteiger partial charge on any atom is 0.407 e. The molecule has 0 aromatic carbocycles. The van der Waals surface area contributed by atoms with Gasteiger partial charge in [0.15, 0.2) is 0 Å². The zero-order chi connectivity index (χ0) is 17.6.